The van der Waals surface area contributed by atoms with Gasteiger partial charge < -0.3 is 26.3 Å². The van der Waals surface area contributed by atoms with Gasteiger partial charge in [-0.15, -0.1) is 0 Å². The third-order valence-electron chi connectivity index (χ3n) is 6.44. The minimum Gasteiger partial charge on any atom is -0.368 e. The predicted octanol–water partition coefficient (Wildman–Crippen LogP) is 4.60. The van der Waals surface area contributed by atoms with Crippen molar-refractivity contribution in [1.82, 2.24) is 19.9 Å². The molecule has 1 aliphatic heterocycles. The van der Waals surface area contributed by atoms with Crippen molar-refractivity contribution in [1.29, 1.82) is 0 Å². The Hall–Kier alpha value is -4.87. The SMILES string of the molecule is Cn1c2c(c(Cc3cccc(NC(=O)Nc4ccc(C(F)(F)F)cc4)c3)c1-c1ccnc(N)n1)C(=O)NCC2. The number of amides is 3. The molecule has 200 valence electrons. The van der Waals surface area contributed by atoms with E-state index in [1.54, 1.807) is 30.5 Å². The second kappa shape index (κ2) is 10.1. The summed E-state index contributed by atoms with van der Waals surface area (Å²) in [6.07, 6.45) is -1.87. The van der Waals surface area contributed by atoms with E-state index >= 15 is 0 Å². The van der Waals surface area contributed by atoms with E-state index in [0.29, 0.717) is 36.3 Å². The van der Waals surface area contributed by atoms with Crippen LogP contribution in [0.1, 0.15) is 32.7 Å². The predicted molar refractivity (Wildman–Crippen MR) is 140 cm³/mol. The van der Waals surface area contributed by atoms with E-state index in [9.17, 15) is 22.8 Å². The van der Waals surface area contributed by atoms with Crippen molar-refractivity contribution in [2.45, 2.75) is 19.0 Å². The minimum absolute atomic E-state index is 0.118. The molecule has 5 N–H and O–H groups in total. The van der Waals surface area contributed by atoms with Gasteiger partial charge in [0.2, 0.25) is 5.95 Å². The van der Waals surface area contributed by atoms with E-state index in [1.165, 1.54) is 12.1 Å². The number of carbonyl (C=O) groups excluding carboxylic acids is 2. The first-order chi connectivity index (χ1) is 18.6. The molecule has 9 nitrogen and oxygen atoms in total. The highest BCUT2D eigenvalue weighted by Crippen LogP contribution is 2.34. The first-order valence-electron chi connectivity index (χ1n) is 12.0. The number of nitrogens with zero attached hydrogens (tertiary/aromatic N) is 3. The molecule has 2 aromatic heterocycles. The molecule has 4 aromatic rings. The largest absolute Gasteiger partial charge is 0.416 e. The van der Waals surface area contributed by atoms with Gasteiger partial charge in [0.1, 0.15) is 0 Å². The summed E-state index contributed by atoms with van der Waals surface area (Å²) in [5, 5.41) is 8.12. The second-order valence-electron chi connectivity index (χ2n) is 9.05. The molecule has 0 unspecified atom stereocenters. The standard InChI is InChI=1S/C27H24F3N7O2/c1-37-21-10-12-32-24(38)22(21)19(23(37)20-9-11-33-25(31)36-20)14-15-3-2-4-18(13-15)35-26(39)34-17-7-5-16(6-8-17)27(28,29)30/h2-9,11,13H,10,12,14H2,1H3,(H,32,38)(H2,31,33,36)(H2,34,35,39). The van der Waals surface area contributed by atoms with Crippen LogP contribution in [0.5, 0.6) is 0 Å². The van der Waals surface area contributed by atoms with Crippen LogP contribution in [0.25, 0.3) is 11.4 Å². The molecule has 12 heteroatoms. The zero-order valence-corrected chi connectivity index (χ0v) is 20.8. The number of hydrogen-bond donors (Lipinski definition) is 4. The summed E-state index contributed by atoms with van der Waals surface area (Å²) in [5.41, 5.74) is 10.1. The second-order valence-corrected chi connectivity index (χ2v) is 9.05. The van der Waals surface area contributed by atoms with Crippen LogP contribution in [0, 0.1) is 0 Å². The lowest BCUT2D eigenvalue weighted by molar-refractivity contribution is -0.137. The molecule has 0 aliphatic carbocycles. The van der Waals surface area contributed by atoms with Crippen LogP contribution in [0.2, 0.25) is 0 Å². The molecule has 39 heavy (non-hydrogen) atoms. The van der Waals surface area contributed by atoms with E-state index in [4.69, 9.17) is 5.73 Å². The van der Waals surface area contributed by atoms with Crippen molar-refractivity contribution in [3.8, 4) is 11.4 Å². The van der Waals surface area contributed by atoms with Crippen LogP contribution >= 0.6 is 0 Å². The fourth-order valence-electron chi connectivity index (χ4n) is 4.74. The van der Waals surface area contributed by atoms with Crippen LogP contribution in [0.15, 0.2) is 60.8 Å². The maximum atomic E-state index is 12.9. The minimum atomic E-state index is -4.46. The maximum Gasteiger partial charge on any atom is 0.416 e. The van der Waals surface area contributed by atoms with Gasteiger partial charge in [0.05, 0.1) is 22.5 Å². The van der Waals surface area contributed by atoms with Crippen molar-refractivity contribution < 1.29 is 22.8 Å². The number of urea groups is 1. The van der Waals surface area contributed by atoms with Gasteiger partial charge >= 0.3 is 12.2 Å². The Morgan fingerprint density at radius 1 is 1.10 bits per heavy atom. The molecule has 0 saturated heterocycles. The Morgan fingerprint density at radius 2 is 1.85 bits per heavy atom. The van der Waals surface area contributed by atoms with Crippen LogP contribution in [0.3, 0.4) is 0 Å². The summed E-state index contributed by atoms with van der Waals surface area (Å²) in [7, 11) is 1.89. The van der Waals surface area contributed by atoms with Gasteiger partial charge in [-0.25, -0.2) is 14.8 Å². The molecule has 2 aromatic carbocycles. The lowest BCUT2D eigenvalue weighted by Gasteiger charge is -2.15. The molecule has 0 atom stereocenters. The summed E-state index contributed by atoms with van der Waals surface area (Å²) >= 11 is 0. The first-order valence-corrected chi connectivity index (χ1v) is 12.0. The van der Waals surface area contributed by atoms with Gasteiger partial charge in [-0.05, 0) is 53.6 Å². The van der Waals surface area contributed by atoms with E-state index < -0.39 is 17.8 Å². The number of fused-ring (bicyclic) bond motifs is 1. The molecule has 0 bridgehead atoms. The van der Waals surface area contributed by atoms with Gasteiger partial charge in [-0.3, -0.25) is 4.79 Å². The lowest BCUT2D eigenvalue weighted by atomic mass is 9.96. The van der Waals surface area contributed by atoms with Gasteiger partial charge in [0, 0.05) is 49.7 Å². The number of aromatic nitrogens is 3. The zero-order chi connectivity index (χ0) is 27.7. The number of nitrogens with two attached hydrogens (primary N) is 1. The number of halogens is 3. The van der Waals surface area contributed by atoms with Crippen LogP contribution < -0.4 is 21.7 Å². The molecule has 0 radical (unpaired) electrons. The molecular formula is C27H24F3N7O2. The number of hydrogen-bond acceptors (Lipinski definition) is 5. The highest BCUT2D eigenvalue weighted by atomic mass is 19.4. The number of carbonyl (C=O) groups is 2. The summed E-state index contributed by atoms with van der Waals surface area (Å²) < 4.78 is 40.3. The quantitative estimate of drug-likeness (QED) is 0.297. The third-order valence-corrected chi connectivity index (χ3v) is 6.44. The Kier molecular flexibility index (Phi) is 6.69. The number of nitrogen functional groups attached to an aromatic ring is 1. The highest BCUT2D eigenvalue weighted by Gasteiger charge is 2.31. The van der Waals surface area contributed by atoms with Crippen LogP contribution in [-0.2, 0) is 26.1 Å². The smallest absolute Gasteiger partial charge is 0.368 e. The van der Waals surface area contributed by atoms with E-state index in [-0.39, 0.29) is 17.5 Å². The molecule has 1 aliphatic rings. The summed E-state index contributed by atoms with van der Waals surface area (Å²) in [6, 6.07) is 12.4. The molecular weight excluding hydrogens is 511 g/mol. The molecule has 0 saturated carbocycles. The van der Waals surface area contributed by atoms with Gasteiger partial charge in [0.15, 0.2) is 0 Å². The van der Waals surface area contributed by atoms with E-state index in [2.05, 4.69) is 25.9 Å². The van der Waals surface area contributed by atoms with Crippen molar-refractivity contribution in [2.24, 2.45) is 7.05 Å². The zero-order valence-electron chi connectivity index (χ0n) is 20.8. The molecule has 0 fully saturated rings. The Balaban J connectivity index is 1.40. The van der Waals surface area contributed by atoms with Crippen LogP contribution in [0.4, 0.5) is 35.3 Å². The molecule has 3 amide bonds. The lowest BCUT2D eigenvalue weighted by Crippen LogP contribution is -2.32. The van der Waals surface area contributed by atoms with Crippen molar-refractivity contribution >= 4 is 29.3 Å². The summed E-state index contributed by atoms with van der Waals surface area (Å²) in [6.45, 7) is 0.530. The summed E-state index contributed by atoms with van der Waals surface area (Å²) in [5.74, 6) is -0.0485. The van der Waals surface area contributed by atoms with Gasteiger partial charge in [-0.2, -0.15) is 13.2 Å². The van der Waals surface area contributed by atoms with Gasteiger partial charge in [0.25, 0.3) is 5.91 Å². The number of benzene rings is 2. The molecule has 3 heterocycles. The normalized spacial score (nSPS) is 13.0. The monoisotopic (exact) mass is 535 g/mol. The van der Waals surface area contributed by atoms with E-state index in [1.807, 2.05) is 17.7 Å². The van der Waals surface area contributed by atoms with Crippen molar-refractivity contribution in [3.63, 3.8) is 0 Å². The maximum absolute atomic E-state index is 12.9. The highest BCUT2D eigenvalue weighted by molar-refractivity contribution is 6.01. The van der Waals surface area contributed by atoms with E-state index in [0.717, 1.165) is 34.6 Å². The first kappa shape index (κ1) is 25.8. The number of alkyl halides is 3. The Morgan fingerprint density at radius 3 is 2.56 bits per heavy atom. The summed E-state index contributed by atoms with van der Waals surface area (Å²) in [4.78, 5) is 33.8. The fourth-order valence-corrected chi connectivity index (χ4v) is 4.74. The Bertz CT molecular complexity index is 1560. The topological polar surface area (TPSA) is 127 Å². The fraction of sp³-hybridized carbons (Fsp3) is 0.185. The molecule has 5 rings (SSSR count). The van der Waals surface area contributed by atoms with Crippen molar-refractivity contribution in [2.75, 3.05) is 22.9 Å². The Labute approximate surface area is 221 Å². The average molecular weight is 536 g/mol. The average Bonchev–Trinajstić information content (AvgIpc) is 3.16. The molecule has 0 spiro atoms. The number of anilines is 3. The van der Waals surface area contributed by atoms with Crippen molar-refractivity contribution in [3.05, 3.63) is 88.7 Å². The number of nitrogens with one attached hydrogen (secondary N) is 3. The number of rotatable bonds is 5. The van der Waals surface area contributed by atoms with Gasteiger partial charge in [-0.1, -0.05) is 12.1 Å². The third kappa shape index (κ3) is 5.40. The van der Waals surface area contributed by atoms with Crippen LogP contribution in [-0.4, -0.2) is 33.0 Å².